The maximum atomic E-state index is 12.6. The van der Waals surface area contributed by atoms with Crippen LogP contribution in [0.5, 0.6) is 0 Å². The van der Waals surface area contributed by atoms with E-state index in [1.54, 1.807) is 11.3 Å². The molecule has 0 bridgehead atoms. The maximum Gasteiger partial charge on any atom is 0.259 e. The molecule has 0 aliphatic heterocycles. The molecule has 2 aromatic heterocycles. The van der Waals surface area contributed by atoms with Crippen LogP contribution in [0, 0.1) is 5.92 Å². The van der Waals surface area contributed by atoms with Gasteiger partial charge in [-0.3, -0.25) is 4.79 Å². The Morgan fingerprint density at radius 3 is 2.80 bits per heavy atom. The molecule has 0 fully saturated rings. The number of nitrogens with one attached hydrogen (secondary N) is 2. The lowest BCUT2D eigenvalue weighted by atomic mass is 9.96. The van der Waals surface area contributed by atoms with Gasteiger partial charge in [-0.2, -0.15) is 0 Å². The molecule has 4 rings (SSSR count). The molecule has 130 valence electrons. The normalized spacial score (nSPS) is 15.0. The van der Waals surface area contributed by atoms with Gasteiger partial charge in [0.2, 0.25) is 0 Å². The molecule has 5 heteroatoms. The third kappa shape index (κ3) is 3.14. The van der Waals surface area contributed by atoms with E-state index < -0.39 is 0 Å². The molecule has 0 saturated heterocycles. The van der Waals surface area contributed by atoms with Crippen molar-refractivity contribution in [1.29, 1.82) is 0 Å². The summed E-state index contributed by atoms with van der Waals surface area (Å²) in [4.78, 5) is 22.5. The van der Waals surface area contributed by atoms with Crippen LogP contribution in [-0.2, 0) is 19.4 Å². The van der Waals surface area contributed by atoms with E-state index in [2.05, 4.69) is 48.4 Å². The topological polar surface area (TPSA) is 57.8 Å². The number of nitrogens with zero attached hydrogens (tertiary/aromatic N) is 1. The molecule has 1 aliphatic carbocycles. The highest BCUT2D eigenvalue weighted by Crippen LogP contribution is 2.34. The van der Waals surface area contributed by atoms with Crippen molar-refractivity contribution < 1.29 is 0 Å². The van der Waals surface area contributed by atoms with Crippen molar-refractivity contribution in [2.45, 2.75) is 45.7 Å². The van der Waals surface area contributed by atoms with Crippen molar-refractivity contribution in [2.75, 3.05) is 0 Å². The minimum Gasteiger partial charge on any atom is -0.309 e. The molecular weight excluding hydrogens is 330 g/mol. The minimum absolute atomic E-state index is 0.0157. The fraction of sp³-hybridized carbons (Fsp3) is 0.400. The Morgan fingerprint density at radius 2 is 2.04 bits per heavy atom. The summed E-state index contributed by atoms with van der Waals surface area (Å²) in [5, 5.41) is 4.39. The average Bonchev–Trinajstić information content (AvgIpc) is 3.16. The SMILES string of the molecule is CC(C)[C@H](NCc1nc2sc3c(c2c(=O)[nH]1)CCC3)c1ccccc1. The van der Waals surface area contributed by atoms with E-state index in [0.717, 1.165) is 35.3 Å². The van der Waals surface area contributed by atoms with Gasteiger partial charge < -0.3 is 10.3 Å². The van der Waals surface area contributed by atoms with Crippen molar-refractivity contribution in [3.05, 3.63) is 62.5 Å². The third-order valence-corrected chi connectivity index (χ3v) is 6.12. The number of fused-ring (bicyclic) bond motifs is 3. The highest BCUT2D eigenvalue weighted by Gasteiger charge is 2.21. The predicted octanol–water partition coefficient (Wildman–Crippen LogP) is 3.96. The smallest absolute Gasteiger partial charge is 0.259 e. The van der Waals surface area contributed by atoms with E-state index in [1.807, 2.05) is 6.07 Å². The molecule has 1 atom stereocenters. The molecular formula is C20H23N3OS. The van der Waals surface area contributed by atoms with Crippen LogP contribution in [0.2, 0.25) is 0 Å². The summed E-state index contributed by atoms with van der Waals surface area (Å²) >= 11 is 1.69. The molecule has 25 heavy (non-hydrogen) atoms. The molecule has 2 heterocycles. The molecule has 0 amide bonds. The number of hydrogen-bond donors (Lipinski definition) is 2. The second kappa shape index (κ2) is 6.73. The number of aryl methyl sites for hydroxylation is 2. The van der Waals surface area contributed by atoms with Gasteiger partial charge in [-0.05, 0) is 36.3 Å². The van der Waals surface area contributed by atoms with Crippen LogP contribution in [0.15, 0.2) is 35.1 Å². The number of aromatic nitrogens is 2. The zero-order chi connectivity index (χ0) is 17.4. The number of H-pyrrole nitrogens is 1. The number of rotatable bonds is 5. The van der Waals surface area contributed by atoms with Gasteiger partial charge in [0.15, 0.2) is 0 Å². The Balaban J connectivity index is 1.59. The van der Waals surface area contributed by atoms with Crippen LogP contribution in [-0.4, -0.2) is 9.97 Å². The quantitative estimate of drug-likeness (QED) is 0.730. The van der Waals surface area contributed by atoms with E-state index >= 15 is 0 Å². The summed E-state index contributed by atoms with van der Waals surface area (Å²) in [6, 6.07) is 10.7. The van der Waals surface area contributed by atoms with E-state index in [-0.39, 0.29) is 11.6 Å². The van der Waals surface area contributed by atoms with Crippen molar-refractivity contribution in [1.82, 2.24) is 15.3 Å². The standard InChI is InChI=1S/C20H23N3OS/c1-12(2)18(13-7-4-3-5-8-13)21-11-16-22-19(24)17-14-9-6-10-15(14)25-20(17)23-16/h3-5,7-8,12,18,21H,6,9-11H2,1-2H3,(H,22,23,24)/t18-/m0/s1. The van der Waals surface area contributed by atoms with E-state index in [9.17, 15) is 4.79 Å². The van der Waals surface area contributed by atoms with Gasteiger partial charge in [0.1, 0.15) is 10.7 Å². The molecule has 0 radical (unpaired) electrons. The lowest BCUT2D eigenvalue weighted by Gasteiger charge is -2.22. The number of benzene rings is 1. The monoisotopic (exact) mass is 353 g/mol. The maximum absolute atomic E-state index is 12.6. The molecule has 2 N–H and O–H groups in total. The largest absolute Gasteiger partial charge is 0.309 e. The molecule has 4 nitrogen and oxygen atoms in total. The summed E-state index contributed by atoms with van der Waals surface area (Å²) in [6.45, 7) is 4.97. The molecule has 3 aromatic rings. The fourth-order valence-corrected chi connectivity index (χ4v) is 5.02. The van der Waals surface area contributed by atoms with Gasteiger partial charge in [-0.15, -0.1) is 11.3 Å². The number of hydrogen-bond acceptors (Lipinski definition) is 4. The average molecular weight is 353 g/mol. The Morgan fingerprint density at radius 1 is 1.24 bits per heavy atom. The van der Waals surface area contributed by atoms with E-state index in [4.69, 9.17) is 4.98 Å². The molecule has 0 saturated carbocycles. The van der Waals surface area contributed by atoms with E-state index in [1.165, 1.54) is 16.0 Å². The van der Waals surface area contributed by atoms with E-state index in [0.29, 0.717) is 12.5 Å². The zero-order valence-corrected chi connectivity index (χ0v) is 15.5. The third-order valence-electron chi connectivity index (χ3n) is 4.94. The van der Waals surface area contributed by atoms with Gasteiger partial charge in [0, 0.05) is 10.9 Å². The molecule has 1 aromatic carbocycles. The van der Waals surface area contributed by atoms with Crippen molar-refractivity contribution in [2.24, 2.45) is 5.92 Å². The summed E-state index contributed by atoms with van der Waals surface area (Å²) in [6.07, 6.45) is 3.26. The van der Waals surface area contributed by atoms with Gasteiger partial charge in [-0.1, -0.05) is 44.2 Å². The van der Waals surface area contributed by atoms with Crippen molar-refractivity contribution >= 4 is 21.6 Å². The number of aromatic amines is 1. The highest BCUT2D eigenvalue weighted by molar-refractivity contribution is 7.18. The highest BCUT2D eigenvalue weighted by atomic mass is 32.1. The van der Waals surface area contributed by atoms with Crippen molar-refractivity contribution in [3.63, 3.8) is 0 Å². The summed E-state index contributed by atoms with van der Waals surface area (Å²) in [7, 11) is 0. The first-order valence-corrected chi connectivity index (χ1v) is 9.77. The van der Waals surface area contributed by atoms with Gasteiger partial charge in [0.05, 0.1) is 11.9 Å². The first kappa shape index (κ1) is 16.5. The van der Waals surface area contributed by atoms with Crippen LogP contribution in [0.3, 0.4) is 0 Å². The lowest BCUT2D eigenvalue weighted by Crippen LogP contribution is -2.27. The Kier molecular flexibility index (Phi) is 4.44. The first-order chi connectivity index (χ1) is 12.1. The predicted molar refractivity (Wildman–Crippen MR) is 103 cm³/mol. The summed E-state index contributed by atoms with van der Waals surface area (Å²) in [5.41, 5.74) is 2.51. The molecule has 0 spiro atoms. The summed E-state index contributed by atoms with van der Waals surface area (Å²) in [5.74, 6) is 1.17. The lowest BCUT2D eigenvalue weighted by molar-refractivity contribution is 0.406. The van der Waals surface area contributed by atoms with Crippen LogP contribution in [0.4, 0.5) is 0 Å². The molecule has 1 aliphatic rings. The van der Waals surface area contributed by atoms with Gasteiger partial charge in [-0.25, -0.2) is 4.98 Å². The Bertz CT molecular complexity index is 943. The number of thiophene rings is 1. The zero-order valence-electron chi connectivity index (χ0n) is 14.6. The fourth-order valence-electron chi connectivity index (χ4n) is 3.74. The van der Waals surface area contributed by atoms with Crippen LogP contribution >= 0.6 is 11.3 Å². The van der Waals surface area contributed by atoms with Crippen LogP contribution < -0.4 is 10.9 Å². The van der Waals surface area contributed by atoms with Crippen molar-refractivity contribution in [3.8, 4) is 0 Å². The second-order valence-electron chi connectivity index (χ2n) is 7.06. The van der Waals surface area contributed by atoms with Gasteiger partial charge in [0.25, 0.3) is 5.56 Å². The Labute approximate surface area is 151 Å². The van der Waals surface area contributed by atoms with Crippen LogP contribution in [0.25, 0.3) is 10.2 Å². The minimum atomic E-state index is 0.0157. The second-order valence-corrected chi connectivity index (χ2v) is 8.15. The first-order valence-electron chi connectivity index (χ1n) is 8.95. The molecule has 0 unspecified atom stereocenters. The van der Waals surface area contributed by atoms with Gasteiger partial charge >= 0.3 is 0 Å². The summed E-state index contributed by atoms with van der Waals surface area (Å²) < 4.78 is 0. The van der Waals surface area contributed by atoms with Crippen LogP contribution in [0.1, 0.15) is 48.1 Å². The Hall–Kier alpha value is -1.98.